The van der Waals surface area contributed by atoms with Crippen molar-refractivity contribution < 1.29 is 0 Å². The van der Waals surface area contributed by atoms with E-state index >= 15 is 0 Å². The highest BCUT2D eigenvalue weighted by molar-refractivity contribution is 8.40. The van der Waals surface area contributed by atoms with Crippen molar-refractivity contribution in [2.45, 2.75) is 0 Å². The average molecular weight is 207 g/mol. The van der Waals surface area contributed by atoms with Gasteiger partial charge >= 0.3 is 0 Å². The molecule has 2 rings (SSSR count). The fraction of sp³-hybridized carbons (Fsp3) is 0.800. The van der Waals surface area contributed by atoms with Crippen LogP contribution in [0.3, 0.4) is 0 Å². The van der Waals surface area contributed by atoms with Crippen LogP contribution < -0.4 is 4.72 Å². The van der Waals surface area contributed by atoms with Crippen molar-refractivity contribution in [3.63, 3.8) is 0 Å². The van der Waals surface area contributed by atoms with Crippen LogP contribution in [0.1, 0.15) is 0 Å². The van der Waals surface area contributed by atoms with Crippen LogP contribution in [0.5, 0.6) is 0 Å². The van der Waals surface area contributed by atoms with Crippen molar-refractivity contribution >= 4 is 40.2 Å². The highest BCUT2D eigenvalue weighted by Gasteiger charge is 2.17. The Bertz CT molecular complexity index is 166. The first-order valence-electron chi connectivity index (χ1n) is 3.48. The van der Waals surface area contributed by atoms with Crippen molar-refractivity contribution in [1.29, 1.82) is 0 Å². The van der Waals surface area contributed by atoms with Gasteiger partial charge in [0.15, 0.2) is 0 Å². The van der Waals surface area contributed by atoms with Crippen molar-refractivity contribution in [3.8, 4) is 0 Å². The average Bonchev–Trinajstić information content (AvgIpc) is 2.60. The molecule has 0 saturated carbocycles. The molecule has 11 heavy (non-hydrogen) atoms. The normalized spacial score (nSPS) is 26.0. The van der Waals surface area contributed by atoms with Crippen molar-refractivity contribution in [2.24, 2.45) is 4.99 Å². The lowest BCUT2D eigenvalue weighted by Crippen LogP contribution is -2.04. The largest absolute Gasteiger partial charge is 0.270 e. The molecule has 0 radical (unpaired) electrons. The smallest absolute Gasteiger partial charge is 0.140 e. The van der Waals surface area contributed by atoms with E-state index in [2.05, 4.69) is 13.4 Å². The van der Waals surface area contributed by atoms with Gasteiger partial charge in [-0.3, -0.25) is 4.99 Å². The molecule has 2 aliphatic rings. The maximum Gasteiger partial charge on any atom is 0.140 e. The van der Waals surface area contributed by atoms with Gasteiger partial charge < -0.3 is 0 Å². The highest BCUT2D eigenvalue weighted by Crippen LogP contribution is 2.30. The number of hydrogen-bond donors (Lipinski definition) is 1. The number of nitrogens with one attached hydrogen (secondary N) is 1. The lowest BCUT2D eigenvalue weighted by molar-refractivity contribution is 0.784. The molecule has 0 aliphatic carbocycles. The predicted molar refractivity (Wildman–Crippen MR) is 54.7 cm³/mol. The van der Waals surface area contributed by atoms with Crippen LogP contribution in [0.25, 0.3) is 0 Å². The second-order valence-corrected chi connectivity index (χ2v) is 5.62. The molecular weight excluding hydrogens is 198 g/mol. The van der Waals surface area contributed by atoms with Crippen molar-refractivity contribution in [1.82, 2.24) is 8.43 Å². The first-order valence-corrected chi connectivity index (χ1v) is 6.01. The van der Waals surface area contributed by atoms with E-state index in [1.54, 1.807) is 24.1 Å². The maximum atomic E-state index is 4.36. The number of hydrogen-bond acceptors (Lipinski definition) is 6. The molecule has 1 saturated heterocycles. The molecular formula is C5H9N3S3. The Kier molecular flexibility index (Phi) is 3.03. The molecule has 0 aromatic heterocycles. The summed E-state index contributed by atoms with van der Waals surface area (Å²) in [6, 6.07) is 0. The van der Waals surface area contributed by atoms with E-state index in [-0.39, 0.29) is 0 Å². The Morgan fingerprint density at radius 1 is 1.64 bits per heavy atom. The lowest BCUT2D eigenvalue weighted by atomic mass is 10.7. The Balaban J connectivity index is 1.79. The van der Waals surface area contributed by atoms with Crippen molar-refractivity contribution in [3.05, 3.63) is 0 Å². The molecule has 0 bridgehead atoms. The van der Waals surface area contributed by atoms with E-state index in [9.17, 15) is 0 Å². The second kappa shape index (κ2) is 4.04. The summed E-state index contributed by atoms with van der Waals surface area (Å²) < 4.78 is 6.66. The monoisotopic (exact) mass is 207 g/mol. The minimum Gasteiger partial charge on any atom is -0.270 e. The molecule has 0 atom stereocenters. The molecule has 0 aromatic carbocycles. The highest BCUT2D eigenvalue weighted by atomic mass is 32.2. The van der Waals surface area contributed by atoms with Crippen LogP contribution in [-0.4, -0.2) is 33.5 Å². The van der Waals surface area contributed by atoms with E-state index in [1.807, 2.05) is 11.8 Å². The van der Waals surface area contributed by atoms with Gasteiger partial charge in [0.1, 0.15) is 4.38 Å². The molecule has 2 heterocycles. The predicted octanol–water partition coefficient (Wildman–Crippen LogP) is 1.21. The molecule has 0 aromatic rings. The SMILES string of the molecule is C1CSC(SN2CCNS2)=N1. The number of thioether (sulfide) groups is 1. The minimum atomic E-state index is 0.999. The first-order chi connectivity index (χ1) is 5.45. The van der Waals surface area contributed by atoms with E-state index in [1.165, 1.54) is 4.38 Å². The van der Waals surface area contributed by atoms with Gasteiger partial charge in [0.25, 0.3) is 0 Å². The zero-order chi connectivity index (χ0) is 7.52. The molecule has 2 aliphatic heterocycles. The van der Waals surface area contributed by atoms with Gasteiger partial charge in [-0.1, -0.05) is 11.8 Å². The summed E-state index contributed by atoms with van der Waals surface area (Å²) in [5, 5.41) is 0. The molecule has 62 valence electrons. The van der Waals surface area contributed by atoms with Crippen LogP contribution in [0, 0.1) is 0 Å². The third-order valence-electron chi connectivity index (χ3n) is 1.30. The van der Waals surface area contributed by atoms with Gasteiger partial charge in [-0.25, -0.2) is 4.72 Å². The number of rotatable bonds is 1. The zero-order valence-electron chi connectivity index (χ0n) is 5.95. The van der Waals surface area contributed by atoms with Crippen molar-refractivity contribution in [2.75, 3.05) is 25.4 Å². The molecule has 6 heteroatoms. The quantitative estimate of drug-likeness (QED) is 0.652. The van der Waals surface area contributed by atoms with E-state index in [0.29, 0.717) is 0 Å². The summed E-state index contributed by atoms with van der Waals surface area (Å²) in [4.78, 5) is 4.36. The summed E-state index contributed by atoms with van der Waals surface area (Å²) in [6.07, 6.45) is 0. The molecule has 0 amide bonds. The van der Waals surface area contributed by atoms with Crippen LogP contribution in [0.2, 0.25) is 0 Å². The Hall–Kier alpha value is 0.640. The first kappa shape index (κ1) is 8.25. The van der Waals surface area contributed by atoms with Gasteiger partial charge in [0.05, 0.1) is 6.54 Å². The number of nitrogens with zero attached hydrogens (tertiary/aromatic N) is 2. The Labute approximate surface area is 79.2 Å². The van der Waals surface area contributed by atoms with E-state index < -0.39 is 0 Å². The molecule has 0 spiro atoms. The zero-order valence-corrected chi connectivity index (χ0v) is 8.40. The molecule has 3 nitrogen and oxygen atoms in total. The maximum absolute atomic E-state index is 4.36. The third kappa shape index (κ3) is 2.29. The molecule has 1 N–H and O–H groups in total. The summed E-state index contributed by atoms with van der Waals surface area (Å²) >= 11 is 5.30. The van der Waals surface area contributed by atoms with E-state index in [0.717, 1.165) is 25.4 Å². The van der Waals surface area contributed by atoms with Gasteiger partial charge in [-0.2, -0.15) is 3.71 Å². The summed E-state index contributed by atoms with van der Waals surface area (Å²) in [7, 11) is 0. The van der Waals surface area contributed by atoms with Gasteiger partial charge in [0.2, 0.25) is 0 Å². The molecule has 1 fully saturated rings. The van der Waals surface area contributed by atoms with Gasteiger partial charge in [0, 0.05) is 31.0 Å². The van der Waals surface area contributed by atoms with E-state index in [4.69, 9.17) is 0 Å². The topological polar surface area (TPSA) is 27.6 Å². The standard InChI is InChI=1S/C5H9N3S3/c1-3-8(11-7-1)10-5-6-2-4-9-5/h7H,1-4H2. The summed E-state index contributed by atoms with van der Waals surface area (Å²) in [5.74, 6) is 1.16. The van der Waals surface area contributed by atoms with Crippen LogP contribution >= 0.6 is 35.8 Å². The van der Waals surface area contributed by atoms with Crippen LogP contribution in [0.4, 0.5) is 0 Å². The minimum absolute atomic E-state index is 0.999. The molecule has 0 unspecified atom stereocenters. The fourth-order valence-electron chi connectivity index (χ4n) is 0.822. The number of aliphatic imine (C=N–C) groups is 1. The van der Waals surface area contributed by atoms with Gasteiger partial charge in [-0.05, 0) is 11.9 Å². The van der Waals surface area contributed by atoms with Crippen LogP contribution in [-0.2, 0) is 0 Å². The lowest BCUT2D eigenvalue weighted by Gasteiger charge is -2.08. The van der Waals surface area contributed by atoms with Gasteiger partial charge in [-0.15, -0.1) is 0 Å². The van der Waals surface area contributed by atoms with Crippen LogP contribution in [0.15, 0.2) is 4.99 Å². The fourth-order valence-corrected chi connectivity index (χ4v) is 3.77. The second-order valence-electron chi connectivity index (χ2n) is 2.13. The third-order valence-corrected chi connectivity index (χ3v) is 4.48. The Morgan fingerprint density at radius 2 is 2.64 bits per heavy atom. The summed E-state index contributed by atoms with van der Waals surface area (Å²) in [5.41, 5.74) is 0. The Morgan fingerprint density at radius 3 is 3.27 bits per heavy atom. The summed E-state index contributed by atoms with van der Waals surface area (Å²) in [6.45, 7) is 3.18.